The Morgan fingerprint density at radius 1 is 1.15 bits per heavy atom. The van der Waals surface area contributed by atoms with Gasteiger partial charge in [0.15, 0.2) is 0 Å². The first-order valence-electron chi connectivity index (χ1n) is 8.08. The van der Waals surface area contributed by atoms with Crippen LogP contribution in [0.1, 0.15) is 24.8 Å². The van der Waals surface area contributed by atoms with Crippen LogP contribution < -0.4 is 10.2 Å². The summed E-state index contributed by atoms with van der Waals surface area (Å²) in [6.07, 6.45) is 4.12. The summed E-state index contributed by atoms with van der Waals surface area (Å²) in [5.74, 6) is 0. The highest BCUT2D eigenvalue weighted by Gasteiger charge is 2.21. The van der Waals surface area contributed by atoms with Crippen molar-refractivity contribution < 1.29 is 0 Å². The van der Waals surface area contributed by atoms with Gasteiger partial charge in [0.05, 0.1) is 0 Å². The summed E-state index contributed by atoms with van der Waals surface area (Å²) in [4.78, 5) is 5.16. The molecule has 2 saturated heterocycles. The molecule has 2 heterocycles. The molecule has 1 aromatic rings. The van der Waals surface area contributed by atoms with Gasteiger partial charge in [0, 0.05) is 44.5 Å². The molecule has 1 unspecified atom stereocenters. The van der Waals surface area contributed by atoms with E-state index in [1.807, 2.05) is 0 Å². The summed E-state index contributed by atoms with van der Waals surface area (Å²) in [6, 6.07) is 9.62. The lowest BCUT2D eigenvalue weighted by Gasteiger charge is -2.38. The molecule has 3 heteroatoms. The summed E-state index contributed by atoms with van der Waals surface area (Å²) in [5, 5.41) is 3.66. The fourth-order valence-corrected chi connectivity index (χ4v) is 3.40. The van der Waals surface area contributed by atoms with E-state index >= 15 is 0 Å². The van der Waals surface area contributed by atoms with Gasteiger partial charge < -0.3 is 10.2 Å². The second kappa shape index (κ2) is 6.59. The van der Waals surface area contributed by atoms with Crippen LogP contribution in [0.2, 0.25) is 0 Å². The van der Waals surface area contributed by atoms with Crippen LogP contribution in [0.5, 0.6) is 0 Å². The van der Waals surface area contributed by atoms with Crippen LogP contribution in [0.25, 0.3) is 0 Å². The Bertz CT molecular complexity index is 418. The fraction of sp³-hybridized carbons (Fsp3) is 0.647. The molecule has 0 bridgehead atoms. The molecule has 0 aliphatic carbocycles. The molecule has 0 saturated carbocycles. The minimum absolute atomic E-state index is 0.731. The Balaban J connectivity index is 1.49. The summed E-state index contributed by atoms with van der Waals surface area (Å²) in [5.41, 5.74) is 2.75. The molecule has 0 spiro atoms. The molecule has 0 radical (unpaired) electrons. The molecule has 2 aliphatic rings. The fourth-order valence-electron chi connectivity index (χ4n) is 3.40. The highest BCUT2D eigenvalue weighted by molar-refractivity contribution is 5.48. The second-order valence-electron chi connectivity index (χ2n) is 6.27. The second-order valence-corrected chi connectivity index (χ2v) is 6.27. The van der Waals surface area contributed by atoms with E-state index < -0.39 is 0 Å². The molecule has 2 fully saturated rings. The Morgan fingerprint density at radius 2 is 2.00 bits per heavy atom. The Hall–Kier alpha value is -1.06. The quantitative estimate of drug-likeness (QED) is 0.911. The van der Waals surface area contributed by atoms with Gasteiger partial charge in [0.1, 0.15) is 0 Å². The molecule has 3 nitrogen and oxygen atoms in total. The van der Waals surface area contributed by atoms with E-state index in [4.69, 9.17) is 0 Å². The lowest BCUT2D eigenvalue weighted by Crippen LogP contribution is -2.51. The van der Waals surface area contributed by atoms with E-state index in [0.29, 0.717) is 0 Å². The number of nitrogens with zero attached hydrogens (tertiary/aromatic N) is 2. The van der Waals surface area contributed by atoms with Gasteiger partial charge in [-0.1, -0.05) is 18.6 Å². The average Bonchev–Trinajstić information content (AvgIpc) is 2.49. The number of hydrogen-bond acceptors (Lipinski definition) is 3. The number of benzene rings is 1. The highest BCUT2D eigenvalue weighted by atomic mass is 15.3. The maximum absolute atomic E-state index is 3.66. The predicted octanol–water partition coefficient (Wildman–Crippen LogP) is 2.26. The third-order valence-electron chi connectivity index (χ3n) is 4.63. The number of anilines is 1. The zero-order chi connectivity index (χ0) is 13.8. The van der Waals surface area contributed by atoms with Gasteiger partial charge in [-0.05, 0) is 44.0 Å². The number of rotatable bonds is 3. The molecule has 0 amide bonds. The normalized spacial score (nSPS) is 24.9. The highest BCUT2D eigenvalue weighted by Crippen LogP contribution is 2.18. The first-order chi connectivity index (χ1) is 9.81. The summed E-state index contributed by atoms with van der Waals surface area (Å²) in [7, 11) is 0. The minimum atomic E-state index is 0.731. The molecule has 1 aromatic carbocycles. The molecular formula is C17H27N3. The SMILES string of the molecule is Cc1cccc(N2CCN(CC3CCCCN3)CC2)c1. The van der Waals surface area contributed by atoms with Gasteiger partial charge >= 0.3 is 0 Å². The van der Waals surface area contributed by atoms with E-state index in [2.05, 4.69) is 46.3 Å². The van der Waals surface area contributed by atoms with Gasteiger partial charge in [-0.2, -0.15) is 0 Å². The van der Waals surface area contributed by atoms with E-state index in [9.17, 15) is 0 Å². The maximum atomic E-state index is 3.66. The van der Waals surface area contributed by atoms with Gasteiger partial charge in [0.2, 0.25) is 0 Å². The van der Waals surface area contributed by atoms with E-state index in [0.717, 1.165) is 19.1 Å². The summed E-state index contributed by atoms with van der Waals surface area (Å²) < 4.78 is 0. The van der Waals surface area contributed by atoms with Crippen molar-refractivity contribution >= 4 is 5.69 Å². The van der Waals surface area contributed by atoms with Gasteiger partial charge in [-0.15, -0.1) is 0 Å². The van der Waals surface area contributed by atoms with E-state index in [-0.39, 0.29) is 0 Å². The molecule has 2 aliphatic heterocycles. The van der Waals surface area contributed by atoms with Crippen LogP contribution in [0.4, 0.5) is 5.69 Å². The smallest absolute Gasteiger partial charge is 0.0369 e. The number of nitrogens with one attached hydrogen (secondary N) is 1. The van der Waals surface area contributed by atoms with Crippen molar-refractivity contribution in [3.8, 4) is 0 Å². The van der Waals surface area contributed by atoms with Crippen LogP contribution >= 0.6 is 0 Å². The Morgan fingerprint density at radius 3 is 2.70 bits per heavy atom. The molecule has 1 atom stereocenters. The van der Waals surface area contributed by atoms with Gasteiger partial charge in [-0.3, -0.25) is 4.90 Å². The van der Waals surface area contributed by atoms with Crippen molar-refractivity contribution in [2.24, 2.45) is 0 Å². The Labute approximate surface area is 123 Å². The largest absolute Gasteiger partial charge is 0.369 e. The van der Waals surface area contributed by atoms with Gasteiger partial charge in [0.25, 0.3) is 0 Å². The number of piperazine rings is 1. The molecule has 1 N–H and O–H groups in total. The molecule has 20 heavy (non-hydrogen) atoms. The zero-order valence-corrected chi connectivity index (χ0v) is 12.6. The first-order valence-corrected chi connectivity index (χ1v) is 8.08. The Kier molecular flexibility index (Phi) is 4.58. The molecule has 0 aromatic heterocycles. The average molecular weight is 273 g/mol. The van der Waals surface area contributed by atoms with E-state index in [1.165, 1.54) is 56.7 Å². The van der Waals surface area contributed by atoms with Crippen LogP contribution in [-0.2, 0) is 0 Å². The predicted molar refractivity (Wildman–Crippen MR) is 85.5 cm³/mol. The lowest BCUT2D eigenvalue weighted by molar-refractivity contribution is 0.214. The third kappa shape index (κ3) is 3.53. The zero-order valence-electron chi connectivity index (χ0n) is 12.6. The van der Waals surface area contributed by atoms with Crippen LogP contribution in [-0.4, -0.2) is 50.2 Å². The maximum Gasteiger partial charge on any atom is 0.0369 e. The summed E-state index contributed by atoms with van der Waals surface area (Å²) in [6.45, 7) is 9.36. The number of aryl methyl sites for hydroxylation is 1. The summed E-state index contributed by atoms with van der Waals surface area (Å²) >= 11 is 0. The van der Waals surface area contributed by atoms with Crippen LogP contribution in [0.15, 0.2) is 24.3 Å². The molecule has 3 rings (SSSR count). The van der Waals surface area contributed by atoms with Crippen LogP contribution in [0, 0.1) is 6.92 Å². The van der Waals surface area contributed by atoms with Crippen molar-refractivity contribution in [3.05, 3.63) is 29.8 Å². The first kappa shape index (κ1) is 13.9. The minimum Gasteiger partial charge on any atom is -0.369 e. The van der Waals surface area contributed by atoms with Crippen molar-refractivity contribution in [1.29, 1.82) is 0 Å². The van der Waals surface area contributed by atoms with Crippen molar-refractivity contribution in [3.63, 3.8) is 0 Å². The standard InChI is InChI=1S/C17H27N3/c1-15-5-4-7-17(13-15)20-11-9-19(10-12-20)14-16-6-2-3-8-18-16/h4-5,7,13,16,18H,2-3,6,8-12,14H2,1H3. The van der Waals surface area contributed by atoms with Crippen LogP contribution in [0.3, 0.4) is 0 Å². The lowest BCUT2D eigenvalue weighted by atomic mass is 10.0. The number of hydrogen-bond donors (Lipinski definition) is 1. The van der Waals surface area contributed by atoms with Gasteiger partial charge in [-0.25, -0.2) is 0 Å². The van der Waals surface area contributed by atoms with Crippen molar-refractivity contribution in [1.82, 2.24) is 10.2 Å². The monoisotopic (exact) mass is 273 g/mol. The third-order valence-corrected chi connectivity index (χ3v) is 4.63. The van der Waals surface area contributed by atoms with E-state index in [1.54, 1.807) is 0 Å². The van der Waals surface area contributed by atoms with Crippen molar-refractivity contribution in [2.45, 2.75) is 32.2 Å². The molecular weight excluding hydrogens is 246 g/mol. The van der Waals surface area contributed by atoms with Crippen molar-refractivity contribution in [2.75, 3.05) is 44.2 Å². The topological polar surface area (TPSA) is 18.5 Å². The molecule has 110 valence electrons. The number of piperidine rings is 1.